The highest BCUT2D eigenvalue weighted by atomic mass is 32.2. The molecule has 0 spiro atoms. The molecule has 0 saturated carbocycles. The van der Waals surface area contributed by atoms with Gasteiger partial charge in [-0.05, 0) is 24.1 Å². The number of pyridine rings is 1. The Labute approximate surface area is 149 Å². The van der Waals surface area contributed by atoms with Gasteiger partial charge in [0.1, 0.15) is 5.03 Å². The fourth-order valence-electron chi connectivity index (χ4n) is 2.21. The Hall–Kier alpha value is -1.53. The molecular weight excluding hydrogens is 320 g/mol. The van der Waals surface area contributed by atoms with E-state index in [9.17, 15) is 4.79 Å². The zero-order chi connectivity index (χ0) is 18.1. The van der Waals surface area contributed by atoms with Gasteiger partial charge in [-0.3, -0.25) is 14.1 Å². The van der Waals surface area contributed by atoms with Crippen LogP contribution in [-0.2, 0) is 27.2 Å². The van der Waals surface area contributed by atoms with Crippen molar-refractivity contribution >= 4 is 11.8 Å². The van der Waals surface area contributed by atoms with Crippen LogP contribution in [0.2, 0.25) is 0 Å². The summed E-state index contributed by atoms with van der Waals surface area (Å²) in [7, 11) is 3.69. The van der Waals surface area contributed by atoms with Gasteiger partial charge in [0.05, 0.1) is 5.69 Å². The lowest BCUT2D eigenvalue weighted by Gasteiger charge is -2.12. The van der Waals surface area contributed by atoms with Gasteiger partial charge in [0.25, 0.3) is 0 Å². The van der Waals surface area contributed by atoms with Gasteiger partial charge in [0, 0.05) is 44.8 Å². The molecule has 0 fully saturated rings. The number of nitrogens with zero attached hydrogens (tertiary/aromatic N) is 3. The van der Waals surface area contributed by atoms with Gasteiger partial charge >= 0.3 is 5.69 Å². The number of hydrogen-bond acceptors (Lipinski definition) is 4. The van der Waals surface area contributed by atoms with E-state index in [1.54, 1.807) is 33.3 Å². The molecule has 1 atom stereocenters. The highest BCUT2D eigenvalue weighted by Crippen LogP contribution is 2.27. The Morgan fingerprint density at radius 3 is 2.38 bits per heavy atom. The van der Waals surface area contributed by atoms with Crippen molar-refractivity contribution in [2.45, 2.75) is 57.5 Å². The lowest BCUT2D eigenvalue weighted by molar-refractivity contribution is 0.640. The SMILES string of the molecule is CC.CCC(C)Sc1c(CNCc2ccncc2)n(C)c(=O)n1C. The highest BCUT2D eigenvalue weighted by molar-refractivity contribution is 7.99. The first-order valence-corrected chi connectivity index (χ1v) is 9.43. The molecule has 0 aliphatic carbocycles. The fourth-order valence-corrected chi connectivity index (χ4v) is 3.33. The van der Waals surface area contributed by atoms with Crippen LogP contribution in [-0.4, -0.2) is 19.4 Å². The maximum atomic E-state index is 12.2. The third-order valence-corrected chi connectivity index (χ3v) is 5.26. The molecule has 2 aromatic heterocycles. The van der Waals surface area contributed by atoms with Crippen LogP contribution in [0.3, 0.4) is 0 Å². The van der Waals surface area contributed by atoms with Gasteiger partial charge < -0.3 is 5.32 Å². The quantitative estimate of drug-likeness (QED) is 0.778. The summed E-state index contributed by atoms with van der Waals surface area (Å²) in [5.74, 6) is 0. The minimum Gasteiger partial charge on any atom is -0.307 e. The molecule has 1 unspecified atom stereocenters. The Morgan fingerprint density at radius 2 is 1.79 bits per heavy atom. The summed E-state index contributed by atoms with van der Waals surface area (Å²) in [6.45, 7) is 9.79. The first-order valence-electron chi connectivity index (χ1n) is 8.55. The van der Waals surface area contributed by atoms with Crippen molar-refractivity contribution < 1.29 is 0 Å². The zero-order valence-electron chi connectivity index (χ0n) is 15.7. The summed E-state index contributed by atoms with van der Waals surface area (Å²) >= 11 is 1.77. The molecule has 0 bridgehead atoms. The molecule has 2 rings (SSSR count). The monoisotopic (exact) mass is 350 g/mol. The maximum absolute atomic E-state index is 12.2. The van der Waals surface area contributed by atoms with Crippen LogP contribution in [0.1, 0.15) is 45.4 Å². The summed E-state index contributed by atoms with van der Waals surface area (Å²) in [6.07, 6.45) is 4.66. The van der Waals surface area contributed by atoms with Crippen molar-refractivity contribution in [3.8, 4) is 0 Å². The molecular formula is C18H30N4OS. The zero-order valence-corrected chi connectivity index (χ0v) is 16.5. The summed E-state index contributed by atoms with van der Waals surface area (Å²) in [5.41, 5.74) is 2.27. The van der Waals surface area contributed by atoms with Crippen LogP contribution >= 0.6 is 11.8 Å². The third-order valence-electron chi connectivity index (χ3n) is 3.79. The van der Waals surface area contributed by atoms with Crippen molar-refractivity contribution in [3.05, 3.63) is 46.3 Å². The minimum absolute atomic E-state index is 0.0338. The summed E-state index contributed by atoms with van der Waals surface area (Å²) in [6, 6.07) is 3.98. The topological polar surface area (TPSA) is 51.9 Å². The van der Waals surface area contributed by atoms with E-state index in [-0.39, 0.29) is 5.69 Å². The number of nitrogens with one attached hydrogen (secondary N) is 1. The first-order chi connectivity index (χ1) is 11.5. The van der Waals surface area contributed by atoms with E-state index >= 15 is 0 Å². The lowest BCUT2D eigenvalue weighted by Crippen LogP contribution is -2.22. The molecule has 0 radical (unpaired) electrons. The molecule has 1 N–H and O–H groups in total. The van der Waals surface area contributed by atoms with Gasteiger partial charge in [-0.25, -0.2) is 4.79 Å². The smallest absolute Gasteiger partial charge is 0.307 e. The van der Waals surface area contributed by atoms with Gasteiger partial charge in [0.2, 0.25) is 0 Å². The predicted molar refractivity (Wildman–Crippen MR) is 102 cm³/mol. The Morgan fingerprint density at radius 1 is 1.17 bits per heavy atom. The Balaban J connectivity index is 0.00000139. The normalized spacial score (nSPS) is 11.8. The maximum Gasteiger partial charge on any atom is 0.328 e. The van der Waals surface area contributed by atoms with E-state index in [0.717, 1.165) is 23.7 Å². The van der Waals surface area contributed by atoms with Crippen molar-refractivity contribution in [3.63, 3.8) is 0 Å². The number of hydrogen-bond donors (Lipinski definition) is 1. The van der Waals surface area contributed by atoms with Crippen molar-refractivity contribution in [1.29, 1.82) is 0 Å². The number of rotatable bonds is 7. The Bertz CT molecular complexity index is 664. The van der Waals surface area contributed by atoms with Crippen LogP contribution in [0.25, 0.3) is 0 Å². The molecule has 6 heteroatoms. The molecule has 134 valence electrons. The molecule has 2 heterocycles. The molecule has 0 saturated heterocycles. The van der Waals surface area contributed by atoms with Gasteiger partial charge in [-0.15, -0.1) is 11.8 Å². The van der Waals surface area contributed by atoms with E-state index in [1.165, 1.54) is 5.56 Å². The molecule has 0 aromatic carbocycles. The second kappa shape index (κ2) is 10.4. The largest absolute Gasteiger partial charge is 0.328 e. The molecule has 5 nitrogen and oxygen atoms in total. The van der Waals surface area contributed by atoms with Crippen LogP contribution in [0.5, 0.6) is 0 Å². The van der Waals surface area contributed by atoms with E-state index in [0.29, 0.717) is 11.8 Å². The van der Waals surface area contributed by atoms with E-state index in [4.69, 9.17) is 0 Å². The average Bonchev–Trinajstić information content (AvgIpc) is 2.82. The van der Waals surface area contributed by atoms with Crippen LogP contribution in [0.4, 0.5) is 0 Å². The molecule has 2 aromatic rings. The van der Waals surface area contributed by atoms with E-state index in [2.05, 4.69) is 24.1 Å². The van der Waals surface area contributed by atoms with Gasteiger partial charge in [-0.2, -0.15) is 0 Å². The number of thioether (sulfide) groups is 1. The van der Waals surface area contributed by atoms with Crippen molar-refractivity contribution in [2.75, 3.05) is 0 Å². The van der Waals surface area contributed by atoms with Crippen LogP contribution < -0.4 is 11.0 Å². The second-order valence-electron chi connectivity index (χ2n) is 5.45. The molecule has 0 aliphatic rings. The van der Waals surface area contributed by atoms with Crippen LogP contribution in [0.15, 0.2) is 34.3 Å². The number of aromatic nitrogens is 3. The van der Waals surface area contributed by atoms with E-state index in [1.807, 2.05) is 40.1 Å². The molecule has 24 heavy (non-hydrogen) atoms. The second-order valence-corrected chi connectivity index (χ2v) is 6.88. The Kier molecular flexibility index (Phi) is 8.85. The number of imidazole rings is 1. The molecule has 0 amide bonds. The van der Waals surface area contributed by atoms with Gasteiger partial charge in [0.15, 0.2) is 0 Å². The standard InChI is InChI=1S/C16H24N4OS.C2H6/c1-5-12(2)22-15-14(19(3)16(21)20(15)4)11-18-10-13-6-8-17-9-7-13;1-2/h6-9,12,18H,5,10-11H2,1-4H3;1-2H3. The predicted octanol–water partition coefficient (Wildman–Crippen LogP) is 3.33. The summed E-state index contributed by atoms with van der Waals surface area (Å²) in [4.78, 5) is 16.2. The van der Waals surface area contributed by atoms with Crippen molar-refractivity contribution in [2.24, 2.45) is 14.1 Å². The summed E-state index contributed by atoms with van der Waals surface area (Å²) < 4.78 is 3.49. The average molecular weight is 351 g/mol. The summed E-state index contributed by atoms with van der Waals surface area (Å²) in [5, 5.41) is 4.97. The van der Waals surface area contributed by atoms with Crippen molar-refractivity contribution in [1.82, 2.24) is 19.4 Å². The van der Waals surface area contributed by atoms with Crippen LogP contribution in [0, 0.1) is 0 Å². The fraction of sp³-hybridized carbons (Fsp3) is 0.556. The third kappa shape index (κ3) is 5.24. The van der Waals surface area contributed by atoms with Gasteiger partial charge in [-0.1, -0.05) is 27.7 Å². The van der Waals surface area contributed by atoms with E-state index < -0.39 is 0 Å². The highest BCUT2D eigenvalue weighted by Gasteiger charge is 2.17. The minimum atomic E-state index is 0.0338. The lowest BCUT2D eigenvalue weighted by atomic mass is 10.3. The first kappa shape index (κ1) is 20.5. The molecule has 0 aliphatic heterocycles.